The molecule has 6 heteroatoms. The van der Waals surface area contributed by atoms with Crippen LogP contribution in [-0.2, 0) is 6.54 Å². The molecule has 0 saturated carbocycles. The molecule has 1 rings (SSSR count). The Labute approximate surface area is 98.0 Å². The lowest BCUT2D eigenvalue weighted by Gasteiger charge is -2.13. The van der Waals surface area contributed by atoms with E-state index in [1.54, 1.807) is 6.92 Å². The number of halogens is 1. The van der Waals surface area contributed by atoms with Gasteiger partial charge >= 0.3 is 0 Å². The monoisotopic (exact) mass is 241 g/mol. The van der Waals surface area contributed by atoms with Crippen molar-refractivity contribution in [3.63, 3.8) is 0 Å². The molecule has 5 nitrogen and oxygen atoms in total. The molecule has 1 unspecified atom stereocenters. The van der Waals surface area contributed by atoms with Crippen LogP contribution in [0, 0.1) is 12.3 Å². The second-order valence-electron chi connectivity index (χ2n) is 3.26. The van der Waals surface area contributed by atoms with Crippen molar-refractivity contribution in [3.05, 3.63) is 21.6 Å². The second kappa shape index (κ2) is 5.54. The number of aliphatic hydroxyl groups is 1. The summed E-state index contributed by atoms with van der Waals surface area (Å²) in [6, 6.07) is -0.271. The molecule has 0 aliphatic rings. The number of anilines is 1. The molecule has 1 heterocycles. The molecule has 1 aromatic rings. The minimum atomic E-state index is -0.397. The van der Waals surface area contributed by atoms with Gasteiger partial charge in [0.15, 0.2) is 0 Å². The SMILES string of the molecule is C#CCn1ncc(Cl)c(NC(C)CO)c1=O. The fourth-order valence-corrected chi connectivity index (χ4v) is 1.27. The first kappa shape index (κ1) is 12.6. The molecule has 0 saturated heterocycles. The van der Waals surface area contributed by atoms with E-state index in [1.807, 2.05) is 0 Å². The third-order valence-electron chi connectivity index (χ3n) is 1.90. The zero-order valence-corrected chi connectivity index (χ0v) is 9.53. The van der Waals surface area contributed by atoms with Gasteiger partial charge in [0.25, 0.3) is 5.56 Å². The Morgan fingerprint density at radius 2 is 2.50 bits per heavy atom. The second-order valence-corrected chi connectivity index (χ2v) is 3.67. The van der Waals surface area contributed by atoms with E-state index in [9.17, 15) is 4.79 Å². The Balaban J connectivity index is 3.12. The highest BCUT2D eigenvalue weighted by atomic mass is 35.5. The van der Waals surface area contributed by atoms with Crippen molar-refractivity contribution in [2.75, 3.05) is 11.9 Å². The van der Waals surface area contributed by atoms with Crippen LogP contribution in [0.15, 0.2) is 11.0 Å². The summed E-state index contributed by atoms with van der Waals surface area (Å²) >= 11 is 5.83. The molecule has 2 N–H and O–H groups in total. The summed E-state index contributed by atoms with van der Waals surface area (Å²) in [6.45, 7) is 1.70. The Bertz CT molecular complexity index is 464. The van der Waals surface area contributed by atoms with Gasteiger partial charge in [0, 0.05) is 6.04 Å². The van der Waals surface area contributed by atoms with Crippen LogP contribution in [0.3, 0.4) is 0 Å². The van der Waals surface area contributed by atoms with Crippen molar-refractivity contribution in [3.8, 4) is 12.3 Å². The smallest absolute Gasteiger partial charge is 0.292 e. The van der Waals surface area contributed by atoms with E-state index in [0.29, 0.717) is 0 Å². The molecule has 0 aliphatic carbocycles. The summed E-state index contributed by atoms with van der Waals surface area (Å²) in [7, 11) is 0. The van der Waals surface area contributed by atoms with Crippen LogP contribution in [0.5, 0.6) is 0 Å². The van der Waals surface area contributed by atoms with Crippen LogP contribution >= 0.6 is 11.6 Å². The largest absolute Gasteiger partial charge is 0.394 e. The highest BCUT2D eigenvalue weighted by Gasteiger charge is 2.11. The van der Waals surface area contributed by atoms with Crippen LogP contribution in [0.2, 0.25) is 5.02 Å². The molecule has 0 aromatic carbocycles. The van der Waals surface area contributed by atoms with Crippen molar-refractivity contribution in [1.29, 1.82) is 0 Å². The molecule has 0 aliphatic heterocycles. The van der Waals surface area contributed by atoms with E-state index in [-0.39, 0.29) is 29.9 Å². The van der Waals surface area contributed by atoms with Gasteiger partial charge in [-0.1, -0.05) is 17.5 Å². The summed E-state index contributed by atoms with van der Waals surface area (Å²) < 4.78 is 1.12. The Morgan fingerprint density at radius 1 is 1.81 bits per heavy atom. The van der Waals surface area contributed by atoms with E-state index in [1.165, 1.54) is 6.20 Å². The molecular weight excluding hydrogens is 230 g/mol. The Hall–Kier alpha value is -1.51. The van der Waals surface area contributed by atoms with Crippen molar-refractivity contribution >= 4 is 17.3 Å². The molecule has 0 radical (unpaired) electrons. The van der Waals surface area contributed by atoms with Crippen molar-refractivity contribution < 1.29 is 5.11 Å². The lowest BCUT2D eigenvalue weighted by atomic mass is 10.3. The van der Waals surface area contributed by atoms with Gasteiger partial charge in [-0.2, -0.15) is 5.10 Å². The van der Waals surface area contributed by atoms with E-state index in [2.05, 4.69) is 16.3 Å². The number of rotatable bonds is 4. The topological polar surface area (TPSA) is 67.2 Å². The van der Waals surface area contributed by atoms with Crippen LogP contribution in [-0.4, -0.2) is 27.5 Å². The predicted molar refractivity (Wildman–Crippen MR) is 62.5 cm³/mol. The number of aliphatic hydroxyl groups excluding tert-OH is 1. The van der Waals surface area contributed by atoms with Gasteiger partial charge in [0.1, 0.15) is 12.2 Å². The van der Waals surface area contributed by atoms with Crippen LogP contribution in [0.25, 0.3) is 0 Å². The molecule has 0 spiro atoms. The fourth-order valence-electron chi connectivity index (χ4n) is 1.09. The summed E-state index contributed by atoms with van der Waals surface area (Å²) in [5.41, 5.74) is -0.195. The number of hydrogen-bond acceptors (Lipinski definition) is 4. The maximum atomic E-state index is 11.8. The average Bonchev–Trinajstić information content (AvgIpc) is 2.28. The van der Waals surface area contributed by atoms with Crippen LogP contribution < -0.4 is 10.9 Å². The third-order valence-corrected chi connectivity index (χ3v) is 2.19. The lowest BCUT2D eigenvalue weighted by Crippen LogP contribution is -2.30. The Kier molecular flexibility index (Phi) is 4.35. The molecule has 86 valence electrons. The van der Waals surface area contributed by atoms with Crippen molar-refractivity contribution in [1.82, 2.24) is 9.78 Å². The molecule has 16 heavy (non-hydrogen) atoms. The molecular formula is C10H12ClN3O2. The first-order valence-corrected chi connectivity index (χ1v) is 5.04. The number of aromatic nitrogens is 2. The quantitative estimate of drug-likeness (QED) is 0.746. The number of hydrogen-bond donors (Lipinski definition) is 2. The van der Waals surface area contributed by atoms with Crippen molar-refractivity contribution in [2.24, 2.45) is 0 Å². The highest BCUT2D eigenvalue weighted by molar-refractivity contribution is 6.33. The highest BCUT2D eigenvalue weighted by Crippen LogP contribution is 2.15. The number of terminal acetylenes is 1. The number of nitrogens with zero attached hydrogens (tertiary/aromatic N) is 2. The van der Waals surface area contributed by atoms with Gasteiger partial charge in [-0.3, -0.25) is 4.79 Å². The van der Waals surface area contributed by atoms with E-state index in [0.717, 1.165) is 4.68 Å². The molecule has 0 bridgehead atoms. The summed E-state index contributed by atoms with van der Waals surface area (Å²) in [6.07, 6.45) is 6.44. The first-order chi connectivity index (χ1) is 7.60. The van der Waals surface area contributed by atoms with E-state index < -0.39 is 5.56 Å². The van der Waals surface area contributed by atoms with Gasteiger partial charge in [-0.05, 0) is 6.92 Å². The van der Waals surface area contributed by atoms with Gasteiger partial charge in [-0.25, -0.2) is 4.68 Å². The molecule has 1 atom stereocenters. The summed E-state index contributed by atoms with van der Waals surface area (Å²) in [5.74, 6) is 2.32. The molecule has 1 aromatic heterocycles. The lowest BCUT2D eigenvalue weighted by molar-refractivity contribution is 0.281. The standard InChI is InChI=1S/C10H12ClN3O2/c1-3-4-14-10(16)9(8(11)5-12-14)13-7(2)6-15/h1,5,7,13,15H,4,6H2,2H3. The zero-order chi connectivity index (χ0) is 12.1. The average molecular weight is 242 g/mol. The van der Waals surface area contributed by atoms with Crippen LogP contribution in [0.4, 0.5) is 5.69 Å². The zero-order valence-electron chi connectivity index (χ0n) is 8.77. The minimum absolute atomic E-state index is 0.0815. The summed E-state index contributed by atoms with van der Waals surface area (Å²) in [4.78, 5) is 11.8. The fraction of sp³-hybridized carbons (Fsp3) is 0.400. The minimum Gasteiger partial charge on any atom is -0.394 e. The number of nitrogens with one attached hydrogen (secondary N) is 1. The molecule has 0 amide bonds. The molecule has 0 fully saturated rings. The predicted octanol–water partition coefficient (Wildman–Crippen LogP) is 0.323. The van der Waals surface area contributed by atoms with Crippen LogP contribution in [0.1, 0.15) is 6.92 Å². The van der Waals surface area contributed by atoms with Gasteiger partial charge in [0.2, 0.25) is 0 Å². The van der Waals surface area contributed by atoms with Gasteiger partial charge < -0.3 is 10.4 Å². The maximum absolute atomic E-state index is 11.8. The third kappa shape index (κ3) is 2.75. The maximum Gasteiger partial charge on any atom is 0.292 e. The van der Waals surface area contributed by atoms with E-state index >= 15 is 0 Å². The summed E-state index contributed by atoms with van der Waals surface area (Å²) in [5, 5.41) is 15.7. The normalized spacial score (nSPS) is 11.9. The van der Waals surface area contributed by atoms with Gasteiger partial charge in [0.05, 0.1) is 17.8 Å². The first-order valence-electron chi connectivity index (χ1n) is 4.66. The van der Waals surface area contributed by atoms with Gasteiger partial charge in [-0.15, -0.1) is 6.42 Å². The van der Waals surface area contributed by atoms with E-state index in [4.69, 9.17) is 23.1 Å². The van der Waals surface area contributed by atoms with Crippen molar-refractivity contribution in [2.45, 2.75) is 19.5 Å². The Morgan fingerprint density at radius 3 is 3.06 bits per heavy atom.